The molecule has 9 heteroatoms. The van der Waals surface area contributed by atoms with Crippen LogP contribution in [0.4, 0.5) is 16.5 Å². The molecule has 1 fully saturated rings. The van der Waals surface area contributed by atoms with Crippen LogP contribution in [0.3, 0.4) is 0 Å². The van der Waals surface area contributed by atoms with Crippen molar-refractivity contribution in [3.63, 3.8) is 0 Å². The molecule has 1 aliphatic heterocycles. The summed E-state index contributed by atoms with van der Waals surface area (Å²) in [7, 11) is 0. The van der Waals surface area contributed by atoms with Gasteiger partial charge in [-0.2, -0.15) is 5.10 Å². The van der Waals surface area contributed by atoms with Crippen LogP contribution in [0.1, 0.15) is 25.5 Å². The highest BCUT2D eigenvalue weighted by atomic mass is 35.5. The second-order valence-electron chi connectivity index (χ2n) is 7.06. The molecule has 1 saturated heterocycles. The summed E-state index contributed by atoms with van der Waals surface area (Å²) in [5, 5.41) is 11.2. The lowest BCUT2D eigenvalue weighted by molar-refractivity contribution is -0.117. The first kappa shape index (κ1) is 20.8. The number of thiazole rings is 1. The molecule has 3 heterocycles. The molecular formula is C21H24ClN5O2S. The third-order valence-corrected chi connectivity index (χ3v) is 6.05. The number of ether oxygens (including phenoxy) is 1. The number of benzene rings is 1. The zero-order valence-electron chi connectivity index (χ0n) is 17.0. The first-order valence-electron chi connectivity index (χ1n) is 10.00. The van der Waals surface area contributed by atoms with Crippen molar-refractivity contribution in [1.82, 2.24) is 14.8 Å². The number of carbonyl (C=O) groups excluding carboxylic acids is 1. The predicted octanol–water partition coefficient (Wildman–Crippen LogP) is 4.88. The molecule has 30 heavy (non-hydrogen) atoms. The van der Waals surface area contributed by atoms with Crippen molar-refractivity contribution in [2.45, 2.75) is 33.2 Å². The second kappa shape index (κ2) is 9.16. The summed E-state index contributed by atoms with van der Waals surface area (Å²) in [5.74, 6) is 0.149. The lowest BCUT2D eigenvalue weighted by Gasteiger charge is -2.16. The van der Waals surface area contributed by atoms with Crippen LogP contribution in [0.25, 0.3) is 11.3 Å². The Morgan fingerprint density at radius 2 is 2.23 bits per heavy atom. The van der Waals surface area contributed by atoms with E-state index < -0.39 is 0 Å². The second-order valence-corrected chi connectivity index (χ2v) is 8.33. The normalized spacial score (nSPS) is 14.0. The summed E-state index contributed by atoms with van der Waals surface area (Å²) in [6.45, 7) is 6.73. The number of aromatic nitrogens is 3. The van der Waals surface area contributed by atoms with Crippen LogP contribution >= 0.6 is 22.9 Å². The standard InChI is InChI=1S/C21H24ClN5O2S/c1-3-29-10-9-26-12-18(14(2)25-26)23-21-24-19(13-30-21)16-7-6-15(11-17(16)22)27-8-4-5-20(27)28/h6-7,11-13H,3-5,8-10H2,1-2H3,(H,23,24). The molecule has 3 aromatic rings. The number of amides is 1. The van der Waals surface area contributed by atoms with Crippen LogP contribution in [-0.4, -0.2) is 40.4 Å². The molecule has 158 valence electrons. The fraction of sp³-hybridized carbons (Fsp3) is 0.381. The predicted molar refractivity (Wildman–Crippen MR) is 121 cm³/mol. The van der Waals surface area contributed by atoms with Crippen molar-refractivity contribution < 1.29 is 9.53 Å². The van der Waals surface area contributed by atoms with Gasteiger partial charge in [-0.1, -0.05) is 11.6 Å². The van der Waals surface area contributed by atoms with E-state index in [1.807, 2.05) is 48.3 Å². The van der Waals surface area contributed by atoms with E-state index in [9.17, 15) is 4.79 Å². The van der Waals surface area contributed by atoms with Crippen LogP contribution in [0, 0.1) is 6.92 Å². The quantitative estimate of drug-likeness (QED) is 0.500. The molecule has 7 nitrogen and oxygen atoms in total. The lowest BCUT2D eigenvalue weighted by Crippen LogP contribution is -2.23. The minimum Gasteiger partial charge on any atom is -0.380 e. The largest absolute Gasteiger partial charge is 0.380 e. The average molecular weight is 446 g/mol. The minimum atomic E-state index is 0.149. The van der Waals surface area contributed by atoms with Crippen LogP contribution < -0.4 is 10.2 Å². The molecule has 0 saturated carbocycles. The molecule has 1 amide bonds. The fourth-order valence-corrected chi connectivity index (χ4v) is 4.42. The van der Waals surface area contributed by atoms with E-state index in [-0.39, 0.29) is 5.91 Å². The summed E-state index contributed by atoms with van der Waals surface area (Å²) in [6.07, 6.45) is 3.45. The Hall–Kier alpha value is -2.42. The van der Waals surface area contributed by atoms with Crippen molar-refractivity contribution in [1.29, 1.82) is 0 Å². The number of anilines is 3. The van der Waals surface area contributed by atoms with E-state index in [4.69, 9.17) is 16.3 Å². The number of rotatable bonds is 8. The smallest absolute Gasteiger partial charge is 0.227 e. The molecule has 0 radical (unpaired) electrons. The number of nitrogens with zero attached hydrogens (tertiary/aromatic N) is 4. The van der Waals surface area contributed by atoms with Gasteiger partial charge in [0.1, 0.15) is 0 Å². The zero-order valence-corrected chi connectivity index (χ0v) is 18.6. The van der Waals surface area contributed by atoms with E-state index in [2.05, 4.69) is 15.4 Å². The van der Waals surface area contributed by atoms with Crippen LogP contribution in [0.15, 0.2) is 29.8 Å². The van der Waals surface area contributed by atoms with Gasteiger partial charge in [0, 0.05) is 42.4 Å². The van der Waals surface area contributed by atoms with E-state index in [0.29, 0.717) is 31.2 Å². The Morgan fingerprint density at radius 3 is 2.97 bits per heavy atom. The molecule has 0 unspecified atom stereocenters. The van der Waals surface area contributed by atoms with Crippen molar-refractivity contribution in [2.24, 2.45) is 0 Å². The van der Waals surface area contributed by atoms with Gasteiger partial charge in [-0.05, 0) is 38.5 Å². The van der Waals surface area contributed by atoms with Crippen LogP contribution in [0.2, 0.25) is 5.02 Å². The highest BCUT2D eigenvalue weighted by Gasteiger charge is 2.22. The van der Waals surface area contributed by atoms with Gasteiger partial charge in [0.2, 0.25) is 5.91 Å². The molecule has 4 rings (SSSR count). The summed E-state index contributed by atoms with van der Waals surface area (Å²) < 4.78 is 7.26. The number of hydrogen-bond donors (Lipinski definition) is 1. The van der Waals surface area contributed by atoms with Gasteiger partial charge in [-0.3, -0.25) is 9.48 Å². The number of halogens is 1. The first-order valence-corrected chi connectivity index (χ1v) is 11.3. The highest BCUT2D eigenvalue weighted by Crippen LogP contribution is 2.35. The van der Waals surface area contributed by atoms with Crippen molar-refractivity contribution >= 4 is 45.4 Å². The monoisotopic (exact) mass is 445 g/mol. The Labute approximate surface area is 184 Å². The molecule has 1 aliphatic rings. The molecular weight excluding hydrogens is 422 g/mol. The minimum absolute atomic E-state index is 0.149. The lowest BCUT2D eigenvalue weighted by atomic mass is 10.1. The Morgan fingerprint density at radius 1 is 1.37 bits per heavy atom. The molecule has 0 spiro atoms. The number of nitrogens with one attached hydrogen (secondary N) is 1. The van der Waals surface area contributed by atoms with Crippen molar-refractivity contribution in [2.75, 3.05) is 30.0 Å². The zero-order chi connectivity index (χ0) is 21.1. The van der Waals surface area contributed by atoms with Gasteiger partial charge in [-0.15, -0.1) is 11.3 Å². The molecule has 1 N–H and O–H groups in total. The Balaban J connectivity index is 1.47. The highest BCUT2D eigenvalue weighted by molar-refractivity contribution is 7.14. The average Bonchev–Trinajstić information content (AvgIpc) is 3.44. The Kier molecular flexibility index (Phi) is 6.36. The summed E-state index contributed by atoms with van der Waals surface area (Å²) >= 11 is 8.04. The molecule has 0 atom stereocenters. The Bertz CT molecular complexity index is 1050. The number of aryl methyl sites for hydroxylation is 1. The summed E-state index contributed by atoms with van der Waals surface area (Å²) in [5.41, 5.74) is 4.31. The van der Waals surface area contributed by atoms with Gasteiger partial charge >= 0.3 is 0 Å². The van der Waals surface area contributed by atoms with Crippen LogP contribution in [-0.2, 0) is 16.1 Å². The van der Waals surface area contributed by atoms with Gasteiger partial charge in [0.05, 0.1) is 35.2 Å². The van der Waals surface area contributed by atoms with Crippen LogP contribution in [0.5, 0.6) is 0 Å². The number of carbonyl (C=O) groups is 1. The van der Waals surface area contributed by atoms with E-state index in [1.54, 1.807) is 4.90 Å². The first-order chi connectivity index (χ1) is 14.5. The maximum absolute atomic E-state index is 12.0. The number of hydrogen-bond acceptors (Lipinski definition) is 6. The van der Waals surface area contributed by atoms with Gasteiger partial charge in [-0.25, -0.2) is 4.98 Å². The SMILES string of the molecule is CCOCCn1cc(Nc2nc(-c3ccc(N4CCCC4=O)cc3Cl)cs2)c(C)n1. The third-order valence-electron chi connectivity index (χ3n) is 4.97. The van der Waals surface area contributed by atoms with E-state index >= 15 is 0 Å². The topological polar surface area (TPSA) is 72.3 Å². The van der Waals surface area contributed by atoms with E-state index in [0.717, 1.165) is 46.4 Å². The molecule has 1 aromatic carbocycles. The van der Waals surface area contributed by atoms with Crippen molar-refractivity contribution in [3.05, 3.63) is 40.5 Å². The maximum Gasteiger partial charge on any atom is 0.227 e. The van der Waals surface area contributed by atoms with E-state index in [1.165, 1.54) is 11.3 Å². The van der Waals surface area contributed by atoms with Gasteiger partial charge in [0.15, 0.2) is 5.13 Å². The molecule has 0 bridgehead atoms. The maximum atomic E-state index is 12.0. The summed E-state index contributed by atoms with van der Waals surface area (Å²) in [6, 6.07) is 5.71. The molecule has 0 aliphatic carbocycles. The third kappa shape index (κ3) is 4.50. The molecule has 2 aromatic heterocycles. The van der Waals surface area contributed by atoms with Gasteiger partial charge < -0.3 is 15.0 Å². The summed E-state index contributed by atoms with van der Waals surface area (Å²) in [4.78, 5) is 18.4. The van der Waals surface area contributed by atoms with Crippen molar-refractivity contribution in [3.8, 4) is 11.3 Å². The van der Waals surface area contributed by atoms with Gasteiger partial charge in [0.25, 0.3) is 0 Å². The fourth-order valence-electron chi connectivity index (χ4n) is 3.43.